The number of rotatable bonds is 6. The summed E-state index contributed by atoms with van der Waals surface area (Å²) in [7, 11) is 1.40. The molecule has 4 atom stereocenters. The highest BCUT2D eigenvalue weighted by Gasteiger charge is 2.52. The van der Waals surface area contributed by atoms with E-state index < -0.39 is 12.0 Å². The summed E-state index contributed by atoms with van der Waals surface area (Å²) >= 11 is 0. The van der Waals surface area contributed by atoms with Crippen molar-refractivity contribution in [2.24, 2.45) is 5.92 Å². The fraction of sp³-hybridized carbons (Fsp3) is 0.632. The lowest BCUT2D eigenvalue weighted by atomic mass is 9.91. The molecule has 0 saturated carbocycles. The second-order valence-corrected chi connectivity index (χ2v) is 6.73. The molecule has 0 aromatic heterocycles. The molecule has 2 aliphatic rings. The number of aliphatic hydroxyl groups is 1. The Balaban J connectivity index is 1.56. The molecule has 2 fully saturated rings. The van der Waals surface area contributed by atoms with Gasteiger partial charge in [-0.05, 0) is 31.4 Å². The van der Waals surface area contributed by atoms with Crippen molar-refractivity contribution in [3.63, 3.8) is 0 Å². The van der Waals surface area contributed by atoms with Gasteiger partial charge in [0.15, 0.2) is 0 Å². The molecule has 5 heteroatoms. The van der Waals surface area contributed by atoms with Crippen LogP contribution in [-0.2, 0) is 20.9 Å². The number of esters is 1. The van der Waals surface area contributed by atoms with Gasteiger partial charge in [0.25, 0.3) is 0 Å². The topological polar surface area (TPSA) is 59.0 Å². The van der Waals surface area contributed by atoms with E-state index in [1.54, 1.807) is 0 Å². The van der Waals surface area contributed by atoms with Gasteiger partial charge in [-0.15, -0.1) is 0 Å². The molecular weight excluding hydrogens is 306 g/mol. The first-order chi connectivity index (χ1) is 11.7. The zero-order valence-corrected chi connectivity index (χ0v) is 14.3. The van der Waals surface area contributed by atoms with Gasteiger partial charge < -0.3 is 14.6 Å². The molecular formula is C19H27NO4. The Morgan fingerprint density at radius 3 is 2.83 bits per heavy atom. The van der Waals surface area contributed by atoms with Gasteiger partial charge in [0.05, 0.1) is 25.7 Å². The Bertz CT molecular complexity index is 535. The number of nitrogens with zero attached hydrogens (tertiary/aromatic N) is 1. The maximum absolute atomic E-state index is 12.1. The van der Waals surface area contributed by atoms with Crippen LogP contribution in [0.4, 0.5) is 0 Å². The van der Waals surface area contributed by atoms with E-state index in [1.807, 2.05) is 30.3 Å². The summed E-state index contributed by atoms with van der Waals surface area (Å²) < 4.78 is 10.7. The van der Waals surface area contributed by atoms with Gasteiger partial charge in [0, 0.05) is 18.7 Å². The summed E-state index contributed by atoms with van der Waals surface area (Å²) in [4.78, 5) is 14.4. The predicted octanol–water partition coefficient (Wildman–Crippen LogP) is 1.98. The predicted molar refractivity (Wildman–Crippen MR) is 90.4 cm³/mol. The highest BCUT2D eigenvalue weighted by Crippen LogP contribution is 2.38. The molecule has 2 saturated heterocycles. The average Bonchev–Trinajstić information content (AvgIpc) is 2.91. The second kappa shape index (κ2) is 8.10. The molecule has 0 aliphatic carbocycles. The van der Waals surface area contributed by atoms with Crippen LogP contribution in [0.15, 0.2) is 30.3 Å². The zero-order valence-electron chi connectivity index (χ0n) is 14.3. The van der Waals surface area contributed by atoms with Gasteiger partial charge in [0.1, 0.15) is 0 Å². The van der Waals surface area contributed by atoms with Crippen LogP contribution in [0.5, 0.6) is 0 Å². The SMILES string of the molecule is COC(=O)[C@H]1[C@@H](O)[C@H](CCOCc2ccccc2)N2CCCC[C@H]12. The minimum atomic E-state index is -0.666. The third kappa shape index (κ3) is 3.63. The van der Waals surface area contributed by atoms with E-state index in [0.29, 0.717) is 13.2 Å². The Morgan fingerprint density at radius 1 is 1.29 bits per heavy atom. The van der Waals surface area contributed by atoms with Gasteiger partial charge in [0.2, 0.25) is 0 Å². The molecule has 3 rings (SSSR count). The largest absolute Gasteiger partial charge is 0.469 e. The molecule has 5 nitrogen and oxygen atoms in total. The first-order valence-corrected chi connectivity index (χ1v) is 8.85. The molecule has 1 aromatic carbocycles. The fourth-order valence-electron chi connectivity index (χ4n) is 4.18. The number of carbonyl (C=O) groups is 1. The van der Waals surface area contributed by atoms with Crippen molar-refractivity contribution in [2.75, 3.05) is 20.3 Å². The number of benzene rings is 1. The minimum Gasteiger partial charge on any atom is -0.469 e. The van der Waals surface area contributed by atoms with Crippen LogP contribution < -0.4 is 0 Å². The first kappa shape index (κ1) is 17.4. The van der Waals surface area contributed by atoms with Crippen LogP contribution in [0.3, 0.4) is 0 Å². The lowest BCUT2D eigenvalue weighted by Crippen LogP contribution is -2.43. The molecule has 0 amide bonds. The van der Waals surface area contributed by atoms with Crippen LogP contribution in [-0.4, -0.2) is 54.4 Å². The first-order valence-electron chi connectivity index (χ1n) is 8.85. The van der Waals surface area contributed by atoms with Crippen molar-refractivity contribution >= 4 is 5.97 Å². The Morgan fingerprint density at radius 2 is 2.08 bits per heavy atom. The van der Waals surface area contributed by atoms with Crippen LogP contribution in [0.2, 0.25) is 0 Å². The fourth-order valence-corrected chi connectivity index (χ4v) is 4.18. The molecule has 24 heavy (non-hydrogen) atoms. The summed E-state index contributed by atoms with van der Waals surface area (Å²) in [6.45, 7) is 2.10. The van der Waals surface area contributed by atoms with E-state index in [4.69, 9.17) is 9.47 Å². The van der Waals surface area contributed by atoms with E-state index >= 15 is 0 Å². The van der Waals surface area contributed by atoms with Crippen molar-refractivity contribution in [2.45, 2.75) is 50.5 Å². The van der Waals surface area contributed by atoms with Crippen molar-refractivity contribution in [3.8, 4) is 0 Å². The summed E-state index contributed by atoms with van der Waals surface area (Å²) in [5, 5.41) is 10.7. The summed E-state index contributed by atoms with van der Waals surface area (Å²) in [6, 6.07) is 10.2. The van der Waals surface area contributed by atoms with E-state index in [0.717, 1.165) is 37.8 Å². The van der Waals surface area contributed by atoms with Gasteiger partial charge in [-0.25, -0.2) is 0 Å². The van der Waals surface area contributed by atoms with Gasteiger partial charge in [-0.1, -0.05) is 36.8 Å². The lowest BCUT2D eigenvalue weighted by molar-refractivity contribution is -0.149. The molecule has 0 unspecified atom stereocenters. The molecule has 0 radical (unpaired) electrons. The van der Waals surface area contributed by atoms with Gasteiger partial charge in [-0.3, -0.25) is 9.69 Å². The Kier molecular flexibility index (Phi) is 5.87. The summed E-state index contributed by atoms with van der Waals surface area (Å²) in [5.41, 5.74) is 1.15. The zero-order chi connectivity index (χ0) is 16.9. The van der Waals surface area contributed by atoms with Crippen molar-refractivity contribution in [1.82, 2.24) is 4.90 Å². The number of hydrogen-bond donors (Lipinski definition) is 1. The van der Waals surface area contributed by atoms with Crippen molar-refractivity contribution in [3.05, 3.63) is 35.9 Å². The number of hydrogen-bond acceptors (Lipinski definition) is 5. The molecule has 0 spiro atoms. The number of carbonyl (C=O) groups excluding carboxylic acids is 1. The summed E-state index contributed by atoms with van der Waals surface area (Å²) in [5.74, 6) is -0.707. The number of fused-ring (bicyclic) bond motifs is 1. The van der Waals surface area contributed by atoms with Crippen LogP contribution >= 0.6 is 0 Å². The molecule has 1 aromatic rings. The molecule has 132 valence electrons. The van der Waals surface area contributed by atoms with Crippen LogP contribution in [0.1, 0.15) is 31.2 Å². The molecule has 0 bridgehead atoms. The second-order valence-electron chi connectivity index (χ2n) is 6.73. The average molecular weight is 333 g/mol. The molecule has 1 N–H and O–H groups in total. The quantitative estimate of drug-likeness (QED) is 0.637. The normalized spacial score (nSPS) is 30.1. The summed E-state index contributed by atoms with van der Waals surface area (Å²) in [6.07, 6.45) is 3.26. The third-order valence-corrected chi connectivity index (χ3v) is 5.34. The molecule has 2 aliphatic heterocycles. The number of piperidine rings is 1. The van der Waals surface area contributed by atoms with Crippen molar-refractivity contribution < 1.29 is 19.4 Å². The Labute approximate surface area is 143 Å². The van der Waals surface area contributed by atoms with E-state index in [9.17, 15) is 9.90 Å². The lowest BCUT2D eigenvalue weighted by Gasteiger charge is -2.34. The van der Waals surface area contributed by atoms with E-state index in [1.165, 1.54) is 7.11 Å². The highest BCUT2D eigenvalue weighted by molar-refractivity contribution is 5.74. The highest BCUT2D eigenvalue weighted by atomic mass is 16.5. The maximum atomic E-state index is 12.1. The number of methoxy groups -OCH3 is 1. The van der Waals surface area contributed by atoms with E-state index in [2.05, 4.69) is 4.90 Å². The van der Waals surface area contributed by atoms with Gasteiger partial charge in [-0.2, -0.15) is 0 Å². The monoisotopic (exact) mass is 333 g/mol. The Hall–Kier alpha value is -1.43. The van der Waals surface area contributed by atoms with E-state index in [-0.39, 0.29) is 18.1 Å². The minimum absolute atomic E-state index is 0.0184. The number of ether oxygens (including phenoxy) is 2. The smallest absolute Gasteiger partial charge is 0.312 e. The van der Waals surface area contributed by atoms with Gasteiger partial charge >= 0.3 is 5.97 Å². The number of aliphatic hydroxyl groups excluding tert-OH is 1. The standard InChI is InChI=1S/C19H27NO4/c1-23-19(22)17-15-9-5-6-11-20(15)16(18(17)21)10-12-24-13-14-7-3-2-4-8-14/h2-4,7-8,15-18,21H,5-6,9-13H2,1H3/t15-,16+,17-,18+/m1/s1. The van der Waals surface area contributed by atoms with Crippen LogP contribution in [0, 0.1) is 5.92 Å². The van der Waals surface area contributed by atoms with Crippen LogP contribution in [0.25, 0.3) is 0 Å². The maximum Gasteiger partial charge on any atom is 0.312 e. The molecule has 2 heterocycles. The third-order valence-electron chi connectivity index (χ3n) is 5.34. The van der Waals surface area contributed by atoms with Crippen molar-refractivity contribution in [1.29, 1.82) is 0 Å².